The van der Waals surface area contributed by atoms with Crippen molar-refractivity contribution >= 4 is 11.8 Å². The van der Waals surface area contributed by atoms with Crippen molar-refractivity contribution in [1.29, 1.82) is 0 Å². The average molecular weight is 333 g/mol. The Bertz CT molecular complexity index is 615. The Morgan fingerprint density at radius 3 is 2.46 bits per heavy atom. The highest BCUT2D eigenvalue weighted by molar-refractivity contribution is 5.95. The van der Waals surface area contributed by atoms with Gasteiger partial charge < -0.3 is 14.5 Å². The Balaban J connectivity index is 1.58. The van der Waals surface area contributed by atoms with Crippen molar-refractivity contribution in [3.05, 3.63) is 29.8 Å². The molecule has 0 spiro atoms. The predicted octanol–water partition coefficient (Wildman–Crippen LogP) is -0.651. The highest BCUT2D eigenvalue weighted by atomic mass is 16.5. The van der Waals surface area contributed by atoms with Crippen LogP contribution in [0.4, 0.5) is 0 Å². The molecule has 0 saturated carbocycles. The molecule has 0 radical (unpaired) electrons. The van der Waals surface area contributed by atoms with Crippen LogP contribution in [0, 0.1) is 0 Å². The standard InChI is InChI=1S/C16H23N5O3/c1-11-14(18-19-17-11)16(23)21-8-6-20(7-9-21)15(22)12-4-3-5-13(10-12)24-2/h3-5,10-11,14,17-19H,6-9H2,1-2H3. The number of ether oxygens (including phenoxy) is 1. The molecule has 8 nitrogen and oxygen atoms in total. The van der Waals surface area contributed by atoms with E-state index in [0.29, 0.717) is 37.5 Å². The number of hydrazine groups is 2. The Hall–Kier alpha value is -2.16. The van der Waals surface area contributed by atoms with Gasteiger partial charge in [0.1, 0.15) is 11.8 Å². The molecule has 3 N–H and O–H groups in total. The van der Waals surface area contributed by atoms with E-state index >= 15 is 0 Å². The van der Waals surface area contributed by atoms with E-state index in [1.54, 1.807) is 35.1 Å². The number of amides is 2. The predicted molar refractivity (Wildman–Crippen MR) is 88.1 cm³/mol. The van der Waals surface area contributed by atoms with E-state index < -0.39 is 0 Å². The van der Waals surface area contributed by atoms with E-state index in [9.17, 15) is 9.59 Å². The summed E-state index contributed by atoms with van der Waals surface area (Å²) in [4.78, 5) is 28.7. The van der Waals surface area contributed by atoms with Gasteiger partial charge in [-0.15, -0.1) is 0 Å². The van der Waals surface area contributed by atoms with Crippen LogP contribution in [0.5, 0.6) is 5.75 Å². The normalized spacial score (nSPS) is 24.1. The van der Waals surface area contributed by atoms with E-state index in [-0.39, 0.29) is 23.9 Å². The number of hydrogen-bond acceptors (Lipinski definition) is 6. The van der Waals surface area contributed by atoms with E-state index in [2.05, 4.69) is 16.4 Å². The van der Waals surface area contributed by atoms with Crippen molar-refractivity contribution in [3.63, 3.8) is 0 Å². The molecule has 2 heterocycles. The molecule has 0 bridgehead atoms. The molecule has 2 amide bonds. The molecule has 2 aliphatic heterocycles. The molecule has 1 aromatic carbocycles. The number of carbonyl (C=O) groups excluding carboxylic acids is 2. The topological polar surface area (TPSA) is 85.9 Å². The Morgan fingerprint density at radius 1 is 1.12 bits per heavy atom. The van der Waals surface area contributed by atoms with Gasteiger partial charge >= 0.3 is 0 Å². The fourth-order valence-corrected chi connectivity index (χ4v) is 2.98. The summed E-state index contributed by atoms with van der Waals surface area (Å²) < 4.78 is 5.17. The maximum Gasteiger partial charge on any atom is 0.254 e. The second-order valence-electron chi connectivity index (χ2n) is 6.03. The first-order valence-corrected chi connectivity index (χ1v) is 8.08. The zero-order valence-electron chi connectivity index (χ0n) is 13.9. The first-order chi connectivity index (χ1) is 11.6. The summed E-state index contributed by atoms with van der Waals surface area (Å²) in [5.41, 5.74) is 9.28. The van der Waals surface area contributed by atoms with Crippen molar-refractivity contribution in [3.8, 4) is 5.75 Å². The van der Waals surface area contributed by atoms with Crippen LogP contribution in [0.15, 0.2) is 24.3 Å². The van der Waals surface area contributed by atoms with Crippen molar-refractivity contribution in [1.82, 2.24) is 26.2 Å². The Kier molecular flexibility index (Phi) is 4.98. The van der Waals surface area contributed by atoms with Crippen molar-refractivity contribution in [2.45, 2.75) is 19.0 Å². The number of nitrogens with zero attached hydrogens (tertiary/aromatic N) is 2. The van der Waals surface area contributed by atoms with Gasteiger partial charge in [-0.3, -0.25) is 9.59 Å². The smallest absolute Gasteiger partial charge is 0.254 e. The zero-order chi connectivity index (χ0) is 17.1. The van der Waals surface area contributed by atoms with Crippen molar-refractivity contribution < 1.29 is 14.3 Å². The molecule has 2 aliphatic rings. The molecule has 2 saturated heterocycles. The van der Waals surface area contributed by atoms with Gasteiger partial charge in [0.25, 0.3) is 5.91 Å². The number of rotatable bonds is 3. The third-order valence-electron chi connectivity index (χ3n) is 4.49. The SMILES string of the molecule is COc1cccc(C(=O)N2CCN(C(=O)C3NNNC3C)CC2)c1. The molecule has 3 rings (SSSR count). The second-order valence-corrected chi connectivity index (χ2v) is 6.03. The van der Waals surface area contributed by atoms with Gasteiger partial charge in [0.2, 0.25) is 5.91 Å². The number of hydrogen-bond donors (Lipinski definition) is 3. The number of carbonyl (C=O) groups is 2. The largest absolute Gasteiger partial charge is 0.497 e. The van der Waals surface area contributed by atoms with Crippen LogP contribution in [0.3, 0.4) is 0 Å². The number of nitrogens with one attached hydrogen (secondary N) is 3. The van der Waals surface area contributed by atoms with Crippen molar-refractivity contribution in [2.24, 2.45) is 0 Å². The molecule has 2 atom stereocenters. The molecular weight excluding hydrogens is 310 g/mol. The van der Waals surface area contributed by atoms with Gasteiger partial charge in [-0.1, -0.05) is 6.07 Å². The highest BCUT2D eigenvalue weighted by Crippen LogP contribution is 2.16. The first-order valence-electron chi connectivity index (χ1n) is 8.08. The number of methoxy groups -OCH3 is 1. The summed E-state index contributed by atoms with van der Waals surface area (Å²) >= 11 is 0. The maximum absolute atomic E-state index is 12.6. The third kappa shape index (κ3) is 3.35. The average Bonchev–Trinajstić information content (AvgIpc) is 3.06. The summed E-state index contributed by atoms with van der Waals surface area (Å²) in [6.07, 6.45) is 0. The van der Waals surface area contributed by atoms with Gasteiger partial charge in [0.05, 0.1) is 7.11 Å². The molecular formula is C16H23N5O3. The molecule has 0 aliphatic carbocycles. The number of benzene rings is 1. The van der Waals surface area contributed by atoms with Crippen LogP contribution in [0.1, 0.15) is 17.3 Å². The van der Waals surface area contributed by atoms with Crippen LogP contribution in [0.25, 0.3) is 0 Å². The van der Waals surface area contributed by atoms with Crippen LogP contribution in [0.2, 0.25) is 0 Å². The summed E-state index contributed by atoms with van der Waals surface area (Å²) in [6, 6.07) is 6.87. The van der Waals surface area contributed by atoms with Crippen LogP contribution < -0.4 is 21.1 Å². The maximum atomic E-state index is 12.6. The van der Waals surface area contributed by atoms with E-state index in [4.69, 9.17) is 4.74 Å². The van der Waals surface area contributed by atoms with Gasteiger partial charge in [0.15, 0.2) is 0 Å². The van der Waals surface area contributed by atoms with Gasteiger partial charge in [-0.2, -0.15) is 5.53 Å². The first kappa shape index (κ1) is 16.7. The fourth-order valence-electron chi connectivity index (χ4n) is 2.98. The molecule has 2 unspecified atom stereocenters. The van der Waals surface area contributed by atoms with E-state index in [1.165, 1.54) is 0 Å². The molecule has 8 heteroatoms. The molecule has 0 aromatic heterocycles. The van der Waals surface area contributed by atoms with Crippen LogP contribution in [-0.4, -0.2) is 67.0 Å². The van der Waals surface area contributed by atoms with Crippen molar-refractivity contribution in [2.75, 3.05) is 33.3 Å². The fraction of sp³-hybridized carbons (Fsp3) is 0.500. The monoisotopic (exact) mass is 333 g/mol. The summed E-state index contributed by atoms with van der Waals surface area (Å²) in [5.74, 6) is 0.682. The van der Waals surface area contributed by atoms with E-state index in [0.717, 1.165) is 0 Å². The minimum atomic E-state index is -0.286. The Labute approximate surface area is 141 Å². The minimum Gasteiger partial charge on any atom is -0.497 e. The summed E-state index contributed by atoms with van der Waals surface area (Å²) in [5, 5.41) is 0. The molecule has 1 aromatic rings. The zero-order valence-corrected chi connectivity index (χ0v) is 13.9. The quantitative estimate of drug-likeness (QED) is 0.682. The second kappa shape index (κ2) is 7.16. The van der Waals surface area contributed by atoms with E-state index in [1.807, 2.05) is 13.0 Å². The molecule has 130 valence electrons. The third-order valence-corrected chi connectivity index (χ3v) is 4.49. The Morgan fingerprint density at radius 2 is 1.83 bits per heavy atom. The summed E-state index contributed by atoms with van der Waals surface area (Å²) in [6.45, 7) is 4.09. The minimum absolute atomic E-state index is 0.0222. The lowest BCUT2D eigenvalue weighted by atomic mass is 10.1. The van der Waals surface area contributed by atoms with Gasteiger partial charge in [-0.25, -0.2) is 10.9 Å². The summed E-state index contributed by atoms with van der Waals surface area (Å²) in [7, 11) is 1.58. The lowest BCUT2D eigenvalue weighted by Crippen LogP contribution is -2.56. The molecule has 2 fully saturated rings. The van der Waals surface area contributed by atoms with Crippen LogP contribution >= 0.6 is 0 Å². The van der Waals surface area contributed by atoms with Gasteiger partial charge in [-0.05, 0) is 25.1 Å². The lowest BCUT2D eigenvalue weighted by molar-refractivity contribution is -0.134. The lowest BCUT2D eigenvalue weighted by Gasteiger charge is -2.36. The van der Waals surface area contributed by atoms with Gasteiger partial charge in [0, 0.05) is 37.8 Å². The number of piperazine rings is 1. The van der Waals surface area contributed by atoms with Crippen LogP contribution in [-0.2, 0) is 4.79 Å². The highest BCUT2D eigenvalue weighted by Gasteiger charge is 2.34. The molecule has 24 heavy (non-hydrogen) atoms.